The summed E-state index contributed by atoms with van der Waals surface area (Å²) in [5, 5.41) is 17.3. The van der Waals surface area contributed by atoms with Gasteiger partial charge in [-0.2, -0.15) is 0 Å². The molecule has 0 aliphatic heterocycles. The van der Waals surface area contributed by atoms with Gasteiger partial charge < -0.3 is 20.7 Å². The molecule has 0 spiro atoms. The number of hydrogen-bond acceptors (Lipinski definition) is 2. The summed E-state index contributed by atoms with van der Waals surface area (Å²) in [4.78, 5) is 18.8. The maximum Gasteiger partial charge on any atom is 2.00 e. The zero-order chi connectivity index (χ0) is 16.4. The number of rotatable bonds is 3. The standard InChI is InChI=1S/C14H12N2O2.C2H4O2.Zn/c17-13-9-5-4-8-12(13)10-15-16-14(18)11-6-2-1-3-7-11;1-2(3)4;/h1-10H,(H2,15,16,17,18);1H3,(H,3,4);/q;;+2/p+2. The van der Waals surface area contributed by atoms with Crippen LogP contribution in [0.25, 0.3) is 5.43 Å². The summed E-state index contributed by atoms with van der Waals surface area (Å²) in [7, 11) is 0. The van der Waals surface area contributed by atoms with E-state index in [0.717, 1.165) is 0 Å². The molecule has 0 heterocycles. The molecule has 0 atom stereocenters. The number of carbonyl (C=O) groups excluding carboxylic acids is 2. The van der Waals surface area contributed by atoms with Gasteiger partial charge in [0.05, 0.1) is 18.1 Å². The number of nitrogens with zero attached hydrogens (tertiary/aromatic N) is 2. The molecule has 0 radical (unpaired) electrons. The number of hydrogen-bond donors (Lipinski definition) is 0. The Bertz CT molecular complexity index is 656. The summed E-state index contributed by atoms with van der Waals surface area (Å²) >= 11 is 0. The molecule has 114 valence electrons. The van der Waals surface area contributed by atoms with Crippen LogP contribution in [0.2, 0.25) is 0 Å². The molecule has 5 N–H and O–H groups in total. The van der Waals surface area contributed by atoms with Crippen LogP contribution in [-0.2, 0) is 24.3 Å². The second-order valence-electron chi connectivity index (χ2n) is 4.18. The Balaban J connectivity index is 0.000000871. The first-order valence-corrected chi connectivity index (χ1v) is 6.39. The van der Waals surface area contributed by atoms with Crippen molar-refractivity contribution >= 4 is 18.1 Å². The maximum absolute atomic E-state index is 9.66. The van der Waals surface area contributed by atoms with Crippen molar-refractivity contribution in [3.05, 3.63) is 71.1 Å². The van der Waals surface area contributed by atoms with Crippen LogP contribution in [0.15, 0.2) is 59.7 Å². The fraction of sp³-hybridized carbons (Fsp3) is 0.0625. The summed E-state index contributed by atoms with van der Waals surface area (Å²) in [5.74, 6) is -0.357. The molecule has 0 saturated carbocycles. The van der Waals surface area contributed by atoms with Crippen LogP contribution in [0.3, 0.4) is 0 Å². The van der Waals surface area contributed by atoms with E-state index in [0.29, 0.717) is 16.9 Å². The molecular formula is C16H18N2O4Zn+4. The van der Waals surface area contributed by atoms with Crippen LogP contribution in [0.5, 0.6) is 5.75 Å². The van der Waals surface area contributed by atoms with Crippen molar-refractivity contribution in [3.8, 4) is 5.75 Å². The minimum Gasteiger partial charge on any atom is -0.593 e. The Morgan fingerprint density at radius 1 is 1.13 bits per heavy atom. The fourth-order valence-corrected chi connectivity index (χ4v) is 1.40. The summed E-state index contributed by atoms with van der Waals surface area (Å²) in [6.45, 7) is 1.19. The molecule has 0 aliphatic rings. The van der Waals surface area contributed by atoms with E-state index in [1.807, 2.05) is 24.3 Å². The Kier molecular flexibility index (Phi) is 9.88. The molecule has 0 bridgehead atoms. The molecule has 1 amide bonds. The molecule has 0 aliphatic carbocycles. The number of carbonyl (C=O) groups is 1. The molecule has 2 rings (SSSR count). The SMILES string of the molecule is CC(=O)[OH2+].[OH+]=C([N-]N=Cc1ccccc1[OH2+])c1ccccc1.[Zn+2]. The molecule has 2 aromatic carbocycles. The summed E-state index contributed by atoms with van der Waals surface area (Å²) < 4.78 is 0. The average Bonchev–Trinajstić information content (AvgIpc) is 2.49. The van der Waals surface area contributed by atoms with E-state index in [1.165, 1.54) is 13.1 Å². The second kappa shape index (κ2) is 11.1. The van der Waals surface area contributed by atoms with E-state index in [4.69, 9.17) is 15.0 Å². The zero-order valence-electron chi connectivity index (χ0n) is 12.7. The smallest absolute Gasteiger partial charge is 0.593 e. The Morgan fingerprint density at radius 2 is 1.65 bits per heavy atom. The van der Waals surface area contributed by atoms with Crippen LogP contribution in [-0.4, -0.2) is 33.1 Å². The predicted molar refractivity (Wildman–Crippen MR) is 87.2 cm³/mol. The summed E-state index contributed by atoms with van der Waals surface area (Å²) in [5.41, 5.74) is 4.95. The van der Waals surface area contributed by atoms with Crippen LogP contribution in [0.4, 0.5) is 0 Å². The van der Waals surface area contributed by atoms with Gasteiger partial charge in [-0.25, -0.2) is 0 Å². The normalized spacial score (nSPS) is 9.26. The Morgan fingerprint density at radius 3 is 2.22 bits per heavy atom. The second-order valence-corrected chi connectivity index (χ2v) is 4.18. The summed E-state index contributed by atoms with van der Waals surface area (Å²) in [6.07, 6.45) is 1.45. The van der Waals surface area contributed by atoms with Gasteiger partial charge in [-0.05, 0) is 18.2 Å². The van der Waals surface area contributed by atoms with E-state index in [1.54, 1.807) is 30.3 Å². The first-order valence-electron chi connectivity index (χ1n) is 6.39. The van der Waals surface area contributed by atoms with E-state index in [2.05, 4.69) is 10.5 Å². The third kappa shape index (κ3) is 8.48. The molecule has 0 saturated heterocycles. The van der Waals surface area contributed by atoms with Gasteiger partial charge in [0.15, 0.2) is 0 Å². The van der Waals surface area contributed by atoms with Gasteiger partial charge in [-0.3, -0.25) is 4.79 Å². The van der Waals surface area contributed by atoms with Crippen molar-refractivity contribution in [2.45, 2.75) is 6.92 Å². The van der Waals surface area contributed by atoms with Crippen molar-refractivity contribution in [3.63, 3.8) is 0 Å². The van der Waals surface area contributed by atoms with Gasteiger partial charge in [0.25, 0.3) is 11.7 Å². The van der Waals surface area contributed by atoms with E-state index < -0.39 is 5.97 Å². The number of para-hydroxylation sites is 1. The summed E-state index contributed by atoms with van der Waals surface area (Å²) in [6, 6.07) is 16.0. The van der Waals surface area contributed by atoms with Gasteiger partial charge in [0, 0.05) is 17.1 Å². The van der Waals surface area contributed by atoms with Crippen LogP contribution < -0.4 is 0 Å². The van der Waals surface area contributed by atoms with Gasteiger partial charge in [-0.1, -0.05) is 30.3 Å². The molecule has 7 heteroatoms. The molecule has 0 aromatic heterocycles. The molecule has 23 heavy (non-hydrogen) atoms. The molecule has 6 nitrogen and oxygen atoms in total. The third-order valence-electron chi connectivity index (χ3n) is 2.34. The predicted octanol–water partition coefficient (Wildman–Crippen LogP) is 1.64. The molecule has 2 aromatic rings. The minimum atomic E-state index is -0.583. The van der Waals surface area contributed by atoms with Crippen molar-refractivity contribution < 1.29 is 39.3 Å². The van der Waals surface area contributed by atoms with Gasteiger partial charge in [-0.15, -0.1) is 0 Å². The quantitative estimate of drug-likeness (QED) is 0.349. The van der Waals surface area contributed by atoms with E-state index >= 15 is 0 Å². The fourth-order valence-electron chi connectivity index (χ4n) is 1.40. The Hall–Kier alpha value is -2.53. The van der Waals surface area contributed by atoms with Crippen LogP contribution in [0.1, 0.15) is 18.1 Å². The monoisotopic (exact) mass is 366 g/mol. The number of benzene rings is 2. The molecular weight excluding hydrogens is 350 g/mol. The van der Waals surface area contributed by atoms with Gasteiger partial charge in [0.2, 0.25) is 0 Å². The van der Waals surface area contributed by atoms with E-state index in [-0.39, 0.29) is 25.4 Å². The third-order valence-corrected chi connectivity index (χ3v) is 2.34. The molecule has 0 unspecified atom stereocenters. The minimum absolute atomic E-state index is 0. The molecule has 0 fully saturated rings. The largest absolute Gasteiger partial charge is 2.00 e. The maximum atomic E-state index is 9.66. The van der Waals surface area contributed by atoms with Crippen LogP contribution in [0, 0.1) is 0 Å². The van der Waals surface area contributed by atoms with Gasteiger partial charge >= 0.3 is 25.4 Å². The van der Waals surface area contributed by atoms with Crippen LogP contribution >= 0.6 is 0 Å². The first-order chi connectivity index (χ1) is 10.5. The van der Waals surface area contributed by atoms with Crippen molar-refractivity contribution in [2.75, 3.05) is 0 Å². The van der Waals surface area contributed by atoms with Gasteiger partial charge in [0.1, 0.15) is 0 Å². The zero-order valence-corrected chi connectivity index (χ0v) is 15.7. The number of amides is 1. The van der Waals surface area contributed by atoms with E-state index in [9.17, 15) is 4.79 Å². The van der Waals surface area contributed by atoms with Crippen molar-refractivity contribution in [1.82, 2.24) is 0 Å². The topological polar surface area (TPSA) is 111 Å². The Labute approximate surface area is 146 Å². The average molecular weight is 368 g/mol. The van der Waals surface area contributed by atoms with Crippen molar-refractivity contribution in [2.24, 2.45) is 5.10 Å². The first kappa shape index (κ1) is 20.5. The van der Waals surface area contributed by atoms with Crippen molar-refractivity contribution in [1.29, 1.82) is 0 Å².